The lowest BCUT2D eigenvalue weighted by atomic mass is 10.0. The van der Waals surface area contributed by atoms with Crippen molar-refractivity contribution in [2.75, 3.05) is 18.8 Å². The molecule has 0 aromatic heterocycles. The van der Waals surface area contributed by atoms with Crippen molar-refractivity contribution in [2.45, 2.75) is 49.9 Å². The number of nitrogens with zero attached hydrogens (tertiary/aromatic N) is 1. The van der Waals surface area contributed by atoms with Crippen molar-refractivity contribution in [3.63, 3.8) is 0 Å². The fraction of sp³-hybridized carbons (Fsp3) is 0.458. The molecule has 1 saturated heterocycles. The summed E-state index contributed by atoms with van der Waals surface area (Å²) in [6.45, 7) is -0.440. The Balaban J connectivity index is 2.38. The lowest BCUT2D eigenvalue weighted by Crippen LogP contribution is -2.58. The average Bonchev–Trinajstić information content (AvgIpc) is 2.90. The fourth-order valence-corrected chi connectivity index (χ4v) is 4.02. The Morgan fingerprint density at radius 1 is 0.875 bits per heavy atom. The number of rotatable bonds is 9. The second kappa shape index (κ2) is 15.9. The molecule has 0 saturated carbocycles. The Labute approximate surface area is 235 Å². The number of amides is 5. The third-order valence-electron chi connectivity index (χ3n) is 5.76. The summed E-state index contributed by atoms with van der Waals surface area (Å²) >= 11 is 4.15. The second-order valence-corrected chi connectivity index (χ2v) is 9.31. The van der Waals surface area contributed by atoms with E-state index in [1.165, 1.54) is 0 Å². The van der Waals surface area contributed by atoms with Crippen molar-refractivity contribution in [1.29, 1.82) is 0 Å². The van der Waals surface area contributed by atoms with Gasteiger partial charge in [0.15, 0.2) is 5.96 Å². The zero-order valence-corrected chi connectivity index (χ0v) is 22.5. The normalized spacial score (nSPS) is 22.8. The lowest BCUT2D eigenvalue weighted by Gasteiger charge is -2.25. The highest BCUT2D eigenvalue weighted by Crippen LogP contribution is 2.07. The molecule has 40 heavy (non-hydrogen) atoms. The van der Waals surface area contributed by atoms with Gasteiger partial charge in [-0.1, -0.05) is 30.3 Å². The number of nitrogens with two attached hydrogens (primary N) is 2. The van der Waals surface area contributed by atoms with Crippen LogP contribution in [0.1, 0.15) is 24.8 Å². The van der Waals surface area contributed by atoms with E-state index in [2.05, 4.69) is 44.2 Å². The van der Waals surface area contributed by atoms with Gasteiger partial charge in [-0.25, -0.2) is 0 Å². The van der Waals surface area contributed by atoms with E-state index in [4.69, 9.17) is 11.5 Å². The number of thiol groups is 1. The van der Waals surface area contributed by atoms with Crippen LogP contribution in [0, 0.1) is 0 Å². The van der Waals surface area contributed by atoms with Crippen LogP contribution in [0.25, 0.3) is 0 Å². The van der Waals surface area contributed by atoms with Crippen molar-refractivity contribution >= 4 is 54.1 Å². The van der Waals surface area contributed by atoms with E-state index in [1.807, 2.05) is 0 Å². The number of carbonyl (C=O) groups excluding carboxylic acids is 5. The first-order valence-corrected chi connectivity index (χ1v) is 13.0. The molecule has 15 nitrogen and oxygen atoms in total. The summed E-state index contributed by atoms with van der Waals surface area (Å²) < 4.78 is 0. The minimum Gasteiger partial charge on any atom is -0.481 e. The quantitative estimate of drug-likeness (QED) is 0.0617. The second-order valence-electron chi connectivity index (χ2n) is 8.94. The van der Waals surface area contributed by atoms with E-state index in [0.29, 0.717) is 12.0 Å². The Bertz CT molecular complexity index is 1110. The number of carboxylic acid groups (broad SMARTS) is 1. The molecule has 1 aromatic carbocycles. The van der Waals surface area contributed by atoms with Crippen molar-refractivity contribution in [2.24, 2.45) is 16.5 Å². The van der Waals surface area contributed by atoms with Crippen LogP contribution in [0.5, 0.6) is 0 Å². The number of hydrogen-bond acceptors (Lipinski definition) is 8. The maximum atomic E-state index is 13.3. The van der Waals surface area contributed by atoms with Crippen molar-refractivity contribution in [3.05, 3.63) is 35.9 Å². The summed E-state index contributed by atoms with van der Waals surface area (Å²) in [7, 11) is 0. The third kappa shape index (κ3) is 10.8. The molecule has 1 fully saturated rings. The zero-order valence-electron chi connectivity index (χ0n) is 21.6. The first-order valence-electron chi connectivity index (χ1n) is 12.4. The van der Waals surface area contributed by atoms with E-state index in [-0.39, 0.29) is 31.1 Å². The molecular weight excluding hydrogens is 544 g/mol. The van der Waals surface area contributed by atoms with E-state index < -0.39 is 72.6 Å². The van der Waals surface area contributed by atoms with E-state index in [0.717, 1.165) is 0 Å². The Morgan fingerprint density at radius 3 is 2.10 bits per heavy atom. The molecule has 10 N–H and O–H groups in total. The molecule has 1 aromatic rings. The SMILES string of the molecule is NC(N)=NCCC[C@@H]1NC(=O)C(CS)NC(=O)[C@H](Cc2ccccc2)NC(=O)[C@@H](CC(=O)O)NC(=O)CNC1=O. The van der Waals surface area contributed by atoms with Crippen LogP contribution in [0.2, 0.25) is 0 Å². The molecule has 1 aliphatic heterocycles. The van der Waals surface area contributed by atoms with Crippen LogP contribution in [0.4, 0.5) is 0 Å². The van der Waals surface area contributed by atoms with Gasteiger partial charge in [0, 0.05) is 18.7 Å². The summed E-state index contributed by atoms with van der Waals surface area (Å²) in [4.78, 5) is 79.9. The molecule has 0 bridgehead atoms. The topological polar surface area (TPSA) is 247 Å². The monoisotopic (exact) mass is 578 g/mol. The van der Waals surface area contributed by atoms with Crippen LogP contribution in [-0.4, -0.2) is 89.6 Å². The summed E-state index contributed by atoms with van der Waals surface area (Å²) in [6.07, 6.45) is -0.404. The van der Waals surface area contributed by atoms with Crippen LogP contribution in [-0.2, 0) is 35.2 Å². The smallest absolute Gasteiger partial charge is 0.305 e. The van der Waals surface area contributed by atoms with E-state index >= 15 is 0 Å². The first kappa shape index (κ1) is 31.9. The Morgan fingerprint density at radius 2 is 1.48 bits per heavy atom. The molecule has 218 valence electrons. The van der Waals surface area contributed by atoms with Gasteiger partial charge in [-0.05, 0) is 18.4 Å². The summed E-state index contributed by atoms with van der Waals surface area (Å²) in [6, 6.07) is 3.56. The fourth-order valence-electron chi connectivity index (χ4n) is 3.76. The highest BCUT2D eigenvalue weighted by Gasteiger charge is 2.32. The van der Waals surface area contributed by atoms with Crippen molar-refractivity contribution in [1.82, 2.24) is 26.6 Å². The zero-order chi connectivity index (χ0) is 29.7. The van der Waals surface area contributed by atoms with Crippen LogP contribution in [0.15, 0.2) is 35.3 Å². The molecule has 0 aliphatic carbocycles. The summed E-state index contributed by atoms with van der Waals surface area (Å²) in [5.74, 6) is -5.66. The molecule has 16 heteroatoms. The number of guanidine groups is 1. The molecule has 5 amide bonds. The Kier molecular flexibility index (Phi) is 12.7. The van der Waals surface area contributed by atoms with Crippen molar-refractivity contribution < 1.29 is 33.9 Å². The maximum absolute atomic E-state index is 13.3. The molecule has 0 spiro atoms. The number of carboxylic acids is 1. The number of aliphatic carboxylic acids is 1. The number of carbonyl (C=O) groups is 6. The van der Waals surface area contributed by atoms with Gasteiger partial charge in [0.25, 0.3) is 0 Å². The van der Waals surface area contributed by atoms with Crippen molar-refractivity contribution in [3.8, 4) is 0 Å². The number of aliphatic imine (C=N–C) groups is 1. The maximum Gasteiger partial charge on any atom is 0.305 e. The van der Waals surface area contributed by atoms with Gasteiger partial charge >= 0.3 is 5.97 Å². The molecular formula is C24H34N8O7S. The van der Waals surface area contributed by atoms with Gasteiger partial charge in [0.05, 0.1) is 13.0 Å². The number of hydrogen-bond donors (Lipinski definition) is 9. The van der Waals surface area contributed by atoms with Gasteiger partial charge in [-0.15, -0.1) is 0 Å². The minimum atomic E-state index is -1.55. The van der Waals surface area contributed by atoms with E-state index in [9.17, 15) is 33.9 Å². The highest BCUT2D eigenvalue weighted by atomic mass is 32.1. The van der Waals surface area contributed by atoms with Gasteiger partial charge in [-0.2, -0.15) is 12.6 Å². The molecule has 2 rings (SSSR count). The van der Waals surface area contributed by atoms with Crippen LogP contribution in [0.3, 0.4) is 0 Å². The van der Waals surface area contributed by atoms with Gasteiger partial charge in [0.1, 0.15) is 24.2 Å². The van der Waals surface area contributed by atoms with E-state index in [1.54, 1.807) is 30.3 Å². The largest absolute Gasteiger partial charge is 0.481 e. The summed E-state index contributed by atoms with van der Waals surface area (Å²) in [5.41, 5.74) is 11.3. The first-order chi connectivity index (χ1) is 19.0. The van der Waals surface area contributed by atoms with Gasteiger partial charge < -0.3 is 43.2 Å². The molecule has 1 heterocycles. The molecule has 4 atom stereocenters. The van der Waals surface area contributed by atoms with Crippen LogP contribution >= 0.6 is 12.6 Å². The molecule has 1 unspecified atom stereocenters. The van der Waals surface area contributed by atoms with Gasteiger partial charge in [0.2, 0.25) is 29.5 Å². The molecule has 1 aliphatic rings. The third-order valence-corrected chi connectivity index (χ3v) is 6.13. The highest BCUT2D eigenvalue weighted by molar-refractivity contribution is 7.80. The Hall–Kier alpha value is -4.34. The summed E-state index contributed by atoms with van der Waals surface area (Å²) in [5, 5.41) is 21.5. The standard InChI is InChI=1S/C24H34N8O7S/c25-24(26)27-8-4-7-14-20(36)28-11-18(33)29-16(10-19(34)35)22(38)31-15(9-13-5-2-1-3-6-13)21(37)32-17(12-40)23(39)30-14/h1-3,5-6,14-17,40H,4,7-12H2,(H,28,36)(H,29,33)(H,30,39)(H,31,38)(H,32,37)(H,34,35)(H4,25,26,27)/t14-,15-,16+,17?/m0/s1. The number of nitrogens with one attached hydrogen (secondary N) is 5. The number of benzene rings is 1. The minimum absolute atomic E-state index is 0.000516. The predicted octanol–water partition coefficient (Wildman–Crippen LogP) is -3.24. The average molecular weight is 579 g/mol. The molecule has 0 radical (unpaired) electrons. The predicted molar refractivity (Wildman–Crippen MR) is 147 cm³/mol. The van der Waals surface area contributed by atoms with Gasteiger partial charge in [-0.3, -0.25) is 33.8 Å². The lowest BCUT2D eigenvalue weighted by molar-refractivity contribution is -0.141. The van der Waals surface area contributed by atoms with Crippen LogP contribution < -0.4 is 38.1 Å².